The fraction of sp³-hybridized carbons (Fsp3) is 0.0588. The van der Waals surface area contributed by atoms with Crippen molar-refractivity contribution in [3.63, 3.8) is 0 Å². The standard InChI is InChI=1S/C17H12N6O/c1-19-11-3-5-16-20-8-15(23(16)9-11)10-2-4-12-13(6-10)14(7-18)21-22-17(12)24/h2-6,8-9H,7,18H2,(H,22,24). The van der Waals surface area contributed by atoms with Gasteiger partial charge < -0.3 is 10.1 Å². The lowest BCUT2D eigenvalue weighted by Crippen LogP contribution is -2.13. The molecule has 24 heavy (non-hydrogen) atoms. The molecular formula is C17H12N6O. The van der Waals surface area contributed by atoms with Crippen LogP contribution in [0.15, 0.2) is 47.5 Å². The second-order valence-corrected chi connectivity index (χ2v) is 5.33. The number of rotatable bonds is 2. The zero-order valence-electron chi connectivity index (χ0n) is 12.5. The van der Waals surface area contributed by atoms with Crippen LogP contribution in [-0.2, 0) is 6.54 Å². The van der Waals surface area contributed by atoms with E-state index in [0.717, 1.165) is 22.3 Å². The van der Waals surface area contributed by atoms with E-state index in [0.29, 0.717) is 16.8 Å². The summed E-state index contributed by atoms with van der Waals surface area (Å²) in [6, 6.07) is 9.02. The van der Waals surface area contributed by atoms with Crippen LogP contribution in [0.1, 0.15) is 5.69 Å². The first-order chi connectivity index (χ1) is 11.7. The van der Waals surface area contributed by atoms with Crippen molar-refractivity contribution in [2.24, 2.45) is 5.73 Å². The van der Waals surface area contributed by atoms with Gasteiger partial charge in [0.1, 0.15) is 5.65 Å². The van der Waals surface area contributed by atoms with Crippen LogP contribution in [0.4, 0.5) is 5.69 Å². The van der Waals surface area contributed by atoms with Crippen LogP contribution in [0.25, 0.3) is 32.5 Å². The zero-order valence-corrected chi connectivity index (χ0v) is 12.5. The molecule has 0 atom stereocenters. The normalized spacial score (nSPS) is 11.0. The Bertz CT molecular complexity index is 1180. The Balaban J connectivity index is 2.00. The Kier molecular flexibility index (Phi) is 3.11. The van der Waals surface area contributed by atoms with Gasteiger partial charge in [-0.3, -0.25) is 4.79 Å². The number of hydrogen-bond acceptors (Lipinski definition) is 4. The summed E-state index contributed by atoms with van der Waals surface area (Å²) in [4.78, 5) is 19.7. The van der Waals surface area contributed by atoms with Gasteiger partial charge in [-0.2, -0.15) is 5.10 Å². The predicted octanol–water partition coefficient (Wildman–Crippen LogP) is 2.25. The smallest absolute Gasteiger partial charge is 0.272 e. The first kappa shape index (κ1) is 14.1. The van der Waals surface area contributed by atoms with Crippen LogP contribution < -0.4 is 11.3 Å². The number of benzene rings is 1. The molecule has 0 saturated heterocycles. The van der Waals surface area contributed by atoms with Crippen LogP contribution >= 0.6 is 0 Å². The maximum atomic E-state index is 11.9. The number of fused-ring (bicyclic) bond motifs is 2. The zero-order chi connectivity index (χ0) is 16.7. The number of aromatic amines is 1. The maximum Gasteiger partial charge on any atom is 0.272 e. The van der Waals surface area contributed by atoms with Crippen LogP contribution in [0.3, 0.4) is 0 Å². The van der Waals surface area contributed by atoms with Gasteiger partial charge in [0.05, 0.1) is 29.5 Å². The van der Waals surface area contributed by atoms with Gasteiger partial charge in [-0.05, 0) is 18.2 Å². The van der Waals surface area contributed by atoms with E-state index in [4.69, 9.17) is 12.3 Å². The molecule has 4 aromatic rings. The second kappa shape index (κ2) is 5.30. The number of nitrogens with two attached hydrogens (primary N) is 1. The number of nitrogens with zero attached hydrogens (tertiary/aromatic N) is 4. The summed E-state index contributed by atoms with van der Waals surface area (Å²) in [5.74, 6) is 0. The highest BCUT2D eigenvalue weighted by molar-refractivity contribution is 5.88. The molecule has 7 heteroatoms. The Morgan fingerprint density at radius 3 is 2.92 bits per heavy atom. The molecule has 0 bridgehead atoms. The molecule has 0 spiro atoms. The van der Waals surface area contributed by atoms with E-state index in [1.165, 1.54) is 0 Å². The fourth-order valence-corrected chi connectivity index (χ4v) is 2.78. The van der Waals surface area contributed by atoms with Gasteiger partial charge in [-0.1, -0.05) is 12.1 Å². The molecule has 0 amide bonds. The average molecular weight is 316 g/mol. The molecule has 0 aliphatic heterocycles. The molecule has 7 nitrogen and oxygen atoms in total. The van der Waals surface area contributed by atoms with Crippen LogP contribution in [0.2, 0.25) is 0 Å². The van der Waals surface area contributed by atoms with E-state index in [1.807, 2.05) is 16.5 Å². The molecule has 4 rings (SSSR count). The molecule has 0 aliphatic carbocycles. The number of hydrogen-bond donors (Lipinski definition) is 2. The third kappa shape index (κ3) is 2.06. The fourth-order valence-electron chi connectivity index (χ4n) is 2.78. The first-order valence-electron chi connectivity index (χ1n) is 7.27. The number of H-pyrrole nitrogens is 1. The minimum atomic E-state index is -0.248. The van der Waals surface area contributed by atoms with Crippen LogP contribution in [0.5, 0.6) is 0 Å². The van der Waals surface area contributed by atoms with Crippen molar-refractivity contribution in [2.75, 3.05) is 0 Å². The van der Waals surface area contributed by atoms with Gasteiger partial charge >= 0.3 is 0 Å². The summed E-state index contributed by atoms with van der Waals surface area (Å²) in [5, 5.41) is 7.73. The monoisotopic (exact) mass is 316 g/mol. The Labute approximate surface area is 136 Å². The molecule has 0 saturated carbocycles. The van der Waals surface area contributed by atoms with Crippen molar-refractivity contribution >= 4 is 22.1 Å². The Morgan fingerprint density at radius 1 is 1.25 bits per heavy atom. The lowest BCUT2D eigenvalue weighted by molar-refractivity contribution is 0.900. The molecule has 1 aromatic carbocycles. The highest BCUT2D eigenvalue weighted by Gasteiger charge is 2.11. The number of aromatic nitrogens is 4. The van der Waals surface area contributed by atoms with E-state index in [9.17, 15) is 4.79 Å². The molecule has 116 valence electrons. The highest BCUT2D eigenvalue weighted by Crippen LogP contribution is 2.26. The van der Waals surface area contributed by atoms with Gasteiger partial charge in [-0.15, -0.1) is 0 Å². The highest BCUT2D eigenvalue weighted by atomic mass is 16.1. The van der Waals surface area contributed by atoms with Crippen molar-refractivity contribution in [1.29, 1.82) is 0 Å². The van der Waals surface area contributed by atoms with E-state index in [2.05, 4.69) is 20.0 Å². The quantitative estimate of drug-likeness (QED) is 0.555. The Morgan fingerprint density at radius 2 is 2.12 bits per heavy atom. The molecular weight excluding hydrogens is 304 g/mol. The van der Waals surface area contributed by atoms with Gasteiger partial charge in [-0.25, -0.2) is 14.9 Å². The molecule has 0 aliphatic rings. The molecule has 3 aromatic heterocycles. The van der Waals surface area contributed by atoms with Crippen molar-refractivity contribution in [1.82, 2.24) is 19.6 Å². The minimum Gasteiger partial charge on any atom is -0.325 e. The lowest BCUT2D eigenvalue weighted by atomic mass is 10.1. The summed E-state index contributed by atoms with van der Waals surface area (Å²) in [6.07, 6.45) is 3.49. The third-order valence-corrected chi connectivity index (χ3v) is 3.98. The Hall–Kier alpha value is -3.50. The van der Waals surface area contributed by atoms with E-state index >= 15 is 0 Å². The molecule has 3 heterocycles. The number of imidazole rings is 1. The summed E-state index contributed by atoms with van der Waals surface area (Å²) in [5.41, 5.74) is 9.10. The lowest BCUT2D eigenvalue weighted by Gasteiger charge is -2.06. The van der Waals surface area contributed by atoms with E-state index in [-0.39, 0.29) is 12.1 Å². The van der Waals surface area contributed by atoms with Crippen molar-refractivity contribution in [2.45, 2.75) is 6.54 Å². The van der Waals surface area contributed by atoms with Gasteiger partial charge in [0, 0.05) is 23.7 Å². The van der Waals surface area contributed by atoms with Crippen LogP contribution in [-0.4, -0.2) is 19.6 Å². The van der Waals surface area contributed by atoms with Gasteiger partial charge in [0.25, 0.3) is 5.56 Å². The largest absolute Gasteiger partial charge is 0.325 e. The molecule has 0 unspecified atom stereocenters. The second-order valence-electron chi connectivity index (χ2n) is 5.33. The predicted molar refractivity (Wildman–Crippen MR) is 90.7 cm³/mol. The van der Waals surface area contributed by atoms with E-state index < -0.39 is 0 Å². The van der Waals surface area contributed by atoms with Crippen molar-refractivity contribution in [3.05, 3.63) is 70.2 Å². The maximum absolute atomic E-state index is 11.9. The third-order valence-electron chi connectivity index (χ3n) is 3.98. The molecule has 0 fully saturated rings. The summed E-state index contributed by atoms with van der Waals surface area (Å²) >= 11 is 0. The summed E-state index contributed by atoms with van der Waals surface area (Å²) < 4.78 is 1.86. The van der Waals surface area contributed by atoms with Crippen molar-refractivity contribution in [3.8, 4) is 11.3 Å². The summed E-state index contributed by atoms with van der Waals surface area (Å²) in [7, 11) is 0. The van der Waals surface area contributed by atoms with Crippen molar-refractivity contribution < 1.29 is 0 Å². The molecule has 3 N–H and O–H groups in total. The SMILES string of the molecule is [C-]#[N+]c1ccc2ncc(-c3ccc4c(=O)[nH]nc(CN)c4c3)n2c1. The topological polar surface area (TPSA) is 93.4 Å². The van der Waals surface area contributed by atoms with E-state index in [1.54, 1.807) is 30.6 Å². The number of pyridine rings is 1. The first-order valence-corrected chi connectivity index (χ1v) is 7.27. The molecule has 0 radical (unpaired) electrons. The number of nitrogens with one attached hydrogen (secondary N) is 1. The van der Waals surface area contributed by atoms with Crippen LogP contribution in [0, 0.1) is 6.57 Å². The van der Waals surface area contributed by atoms with Gasteiger partial charge in [0.2, 0.25) is 5.69 Å². The average Bonchev–Trinajstić information content (AvgIpc) is 3.04. The van der Waals surface area contributed by atoms with Gasteiger partial charge in [0.15, 0.2) is 0 Å². The summed E-state index contributed by atoms with van der Waals surface area (Å²) in [6.45, 7) is 7.39. The minimum absolute atomic E-state index is 0.228.